The van der Waals surface area contributed by atoms with Gasteiger partial charge >= 0.3 is 6.09 Å². The van der Waals surface area contributed by atoms with Crippen LogP contribution in [0.3, 0.4) is 0 Å². The highest BCUT2D eigenvalue weighted by Gasteiger charge is 1.92. The summed E-state index contributed by atoms with van der Waals surface area (Å²) in [6, 6.07) is 0. The number of nitrogens with one attached hydrogen (secondary N) is 1. The first kappa shape index (κ1) is 7.94. The molecule has 0 heterocycles. The van der Waals surface area contributed by atoms with Gasteiger partial charge in [-0.1, -0.05) is 0 Å². The van der Waals surface area contributed by atoms with Crippen molar-refractivity contribution in [2.75, 3.05) is 6.61 Å². The van der Waals surface area contributed by atoms with Gasteiger partial charge in [0, 0.05) is 6.20 Å². The zero-order chi connectivity index (χ0) is 7.11. The molecule has 4 heteroatoms. The van der Waals surface area contributed by atoms with Gasteiger partial charge in [0.25, 0.3) is 0 Å². The van der Waals surface area contributed by atoms with Gasteiger partial charge in [-0.2, -0.15) is 0 Å². The Kier molecular flexibility index (Phi) is 4.49. The van der Waals surface area contributed by atoms with Gasteiger partial charge in [0.1, 0.15) is 6.33 Å². The maximum atomic E-state index is 11.1. The van der Waals surface area contributed by atoms with E-state index in [1.165, 1.54) is 0 Å². The van der Waals surface area contributed by atoms with E-state index >= 15 is 0 Å². The van der Waals surface area contributed by atoms with Crippen LogP contribution in [0.4, 0.5) is 9.18 Å². The molecule has 0 aromatic rings. The van der Waals surface area contributed by atoms with Crippen LogP contribution in [0.2, 0.25) is 0 Å². The zero-order valence-electron chi connectivity index (χ0n) is 5.06. The van der Waals surface area contributed by atoms with E-state index in [2.05, 4.69) is 4.74 Å². The number of halogens is 1. The molecule has 1 N–H and O–H groups in total. The Morgan fingerprint density at radius 2 is 2.56 bits per heavy atom. The fraction of sp³-hybridized carbons (Fsp3) is 0.400. The second-order valence-electron chi connectivity index (χ2n) is 1.16. The largest absolute Gasteiger partial charge is 0.450 e. The molecule has 0 atom stereocenters. The van der Waals surface area contributed by atoms with Crippen LogP contribution in [0, 0.1) is 0 Å². The van der Waals surface area contributed by atoms with Crippen molar-refractivity contribution in [3.05, 3.63) is 12.5 Å². The quantitative estimate of drug-likeness (QED) is 0.614. The molecule has 0 bridgehead atoms. The molecule has 0 rings (SSSR count). The zero-order valence-corrected chi connectivity index (χ0v) is 5.06. The van der Waals surface area contributed by atoms with Crippen molar-refractivity contribution in [3.63, 3.8) is 0 Å². The van der Waals surface area contributed by atoms with Crippen molar-refractivity contribution in [1.29, 1.82) is 0 Å². The van der Waals surface area contributed by atoms with Crippen molar-refractivity contribution in [2.24, 2.45) is 0 Å². The van der Waals surface area contributed by atoms with Gasteiger partial charge in [-0.3, -0.25) is 5.32 Å². The topological polar surface area (TPSA) is 38.3 Å². The highest BCUT2D eigenvalue weighted by atomic mass is 19.1. The van der Waals surface area contributed by atoms with Crippen LogP contribution in [0.15, 0.2) is 12.5 Å². The van der Waals surface area contributed by atoms with Crippen LogP contribution in [-0.4, -0.2) is 12.7 Å². The number of rotatable bonds is 2. The van der Waals surface area contributed by atoms with Crippen molar-refractivity contribution in [3.8, 4) is 0 Å². The highest BCUT2D eigenvalue weighted by Crippen LogP contribution is 1.75. The fourth-order valence-corrected chi connectivity index (χ4v) is 0.272. The number of carbonyl (C=O) groups excluding carboxylic acids is 1. The van der Waals surface area contributed by atoms with Gasteiger partial charge in [-0.15, -0.1) is 0 Å². The lowest BCUT2D eigenvalue weighted by molar-refractivity contribution is 0.156. The van der Waals surface area contributed by atoms with Crippen LogP contribution in [0.25, 0.3) is 0 Å². The number of alkyl carbamates (subject to hydrolysis) is 1. The summed E-state index contributed by atoms with van der Waals surface area (Å²) in [4.78, 5) is 10.3. The molecule has 0 aromatic carbocycles. The lowest BCUT2D eigenvalue weighted by atomic mass is 10.8. The Balaban J connectivity index is 3.27. The van der Waals surface area contributed by atoms with Crippen LogP contribution >= 0.6 is 0 Å². The summed E-state index contributed by atoms with van der Waals surface area (Å²) in [6.07, 6.45) is 0.431. The van der Waals surface area contributed by atoms with Gasteiger partial charge in [0.15, 0.2) is 0 Å². The molecule has 0 saturated heterocycles. The molecule has 0 aliphatic heterocycles. The monoisotopic (exact) mass is 133 g/mol. The Hall–Kier alpha value is -1.06. The van der Waals surface area contributed by atoms with Gasteiger partial charge in [-0.05, 0) is 6.92 Å². The minimum absolute atomic E-state index is 0.219. The third kappa shape index (κ3) is 4.80. The van der Waals surface area contributed by atoms with Crippen LogP contribution in [0.5, 0.6) is 0 Å². The molecular weight excluding hydrogens is 125 g/mol. The molecule has 0 radical (unpaired) electrons. The first-order valence-corrected chi connectivity index (χ1v) is 2.49. The van der Waals surface area contributed by atoms with E-state index in [1.54, 1.807) is 6.92 Å². The van der Waals surface area contributed by atoms with Gasteiger partial charge in [0.2, 0.25) is 0 Å². The first-order valence-electron chi connectivity index (χ1n) is 2.49. The van der Waals surface area contributed by atoms with E-state index in [0.29, 0.717) is 0 Å². The van der Waals surface area contributed by atoms with E-state index in [9.17, 15) is 9.18 Å². The molecule has 3 nitrogen and oxygen atoms in total. The number of hydrogen-bond acceptors (Lipinski definition) is 2. The SMILES string of the molecule is CCOC(=O)NC=CF. The molecule has 0 aromatic heterocycles. The molecular formula is C5H8FNO2. The number of amides is 1. The summed E-state index contributed by atoms with van der Waals surface area (Å²) < 4.78 is 15.5. The summed E-state index contributed by atoms with van der Waals surface area (Å²) in [5.41, 5.74) is 0. The molecule has 0 aliphatic carbocycles. The molecule has 52 valence electrons. The van der Waals surface area contributed by atoms with E-state index in [4.69, 9.17) is 0 Å². The third-order valence-electron chi connectivity index (χ3n) is 0.540. The summed E-state index contributed by atoms with van der Waals surface area (Å²) >= 11 is 0. The number of carbonyl (C=O) groups is 1. The third-order valence-corrected chi connectivity index (χ3v) is 0.540. The van der Waals surface area contributed by atoms with Crippen molar-refractivity contribution >= 4 is 6.09 Å². The van der Waals surface area contributed by atoms with Crippen molar-refractivity contribution in [1.82, 2.24) is 5.32 Å². The van der Waals surface area contributed by atoms with E-state index in [-0.39, 0.29) is 12.9 Å². The summed E-state index contributed by atoms with van der Waals surface area (Å²) in [5.74, 6) is 0. The normalized spacial score (nSPS) is 9.56. The second kappa shape index (κ2) is 5.08. The van der Waals surface area contributed by atoms with Gasteiger partial charge in [0.05, 0.1) is 6.61 Å². The Morgan fingerprint density at radius 3 is 3.00 bits per heavy atom. The highest BCUT2D eigenvalue weighted by molar-refractivity contribution is 5.68. The molecule has 0 saturated carbocycles. The number of hydrogen-bond donors (Lipinski definition) is 1. The smallest absolute Gasteiger partial charge is 0.411 e. The number of ether oxygens (including phenoxy) is 1. The summed E-state index contributed by atoms with van der Waals surface area (Å²) in [6.45, 7) is 1.95. The predicted octanol–water partition coefficient (Wildman–Crippen LogP) is 1.17. The minimum atomic E-state index is -0.647. The second-order valence-corrected chi connectivity index (χ2v) is 1.16. The molecule has 0 aliphatic rings. The van der Waals surface area contributed by atoms with E-state index in [0.717, 1.165) is 6.20 Å². The summed E-state index contributed by atoms with van der Waals surface area (Å²) in [7, 11) is 0. The molecule has 9 heavy (non-hydrogen) atoms. The van der Waals surface area contributed by atoms with Gasteiger partial charge in [-0.25, -0.2) is 9.18 Å². The molecule has 0 unspecified atom stereocenters. The minimum Gasteiger partial charge on any atom is -0.450 e. The van der Waals surface area contributed by atoms with Crippen LogP contribution < -0.4 is 5.32 Å². The predicted molar refractivity (Wildman–Crippen MR) is 30.4 cm³/mol. The average Bonchev–Trinajstić information content (AvgIpc) is 1.85. The van der Waals surface area contributed by atoms with Gasteiger partial charge < -0.3 is 4.74 Å². The standard InChI is InChI=1S/C5H8FNO2/c1-2-9-5(8)7-4-3-6/h3-4H,2H2,1H3,(H,7,8). The lowest BCUT2D eigenvalue weighted by Gasteiger charge is -1.96. The van der Waals surface area contributed by atoms with Crippen LogP contribution in [-0.2, 0) is 4.74 Å². The molecule has 1 amide bonds. The first-order chi connectivity index (χ1) is 4.31. The lowest BCUT2D eigenvalue weighted by Crippen LogP contribution is -2.17. The van der Waals surface area contributed by atoms with E-state index in [1.807, 2.05) is 5.32 Å². The average molecular weight is 133 g/mol. The van der Waals surface area contributed by atoms with Crippen molar-refractivity contribution < 1.29 is 13.9 Å². The van der Waals surface area contributed by atoms with E-state index < -0.39 is 6.09 Å². The van der Waals surface area contributed by atoms with Crippen molar-refractivity contribution in [2.45, 2.75) is 6.92 Å². The molecule has 0 fully saturated rings. The van der Waals surface area contributed by atoms with Crippen LogP contribution in [0.1, 0.15) is 6.92 Å². The molecule has 0 spiro atoms. The summed E-state index contributed by atoms with van der Waals surface area (Å²) in [5, 5.41) is 2.02. The fourth-order valence-electron chi connectivity index (χ4n) is 0.272. The Bertz CT molecular complexity index is 114. The Labute approximate surface area is 52.5 Å². The Morgan fingerprint density at radius 1 is 1.89 bits per heavy atom. The maximum absolute atomic E-state index is 11.1. The maximum Gasteiger partial charge on any atom is 0.411 e.